The average molecular weight is 290 g/mol. The van der Waals surface area contributed by atoms with Crippen LogP contribution in [0, 0.1) is 5.41 Å². The van der Waals surface area contributed by atoms with Gasteiger partial charge in [0.05, 0.1) is 15.7 Å². The third-order valence-corrected chi connectivity index (χ3v) is 3.42. The van der Waals surface area contributed by atoms with E-state index in [0.29, 0.717) is 4.99 Å². The fourth-order valence-electron chi connectivity index (χ4n) is 1.27. The number of rotatable bonds is 5. The van der Waals surface area contributed by atoms with E-state index in [-0.39, 0.29) is 5.41 Å². The second kappa shape index (κ2) is 5.07. The number of halogens is 1. The Morgan fingerprint density at radius 3 is 2.80 bits per heavy atom. The van der Waals surface area contributed by atoms with Gasteiger partial charge in [0.15, 0.2) is 0 Å². The summed E-state index contributed by atoms with van der Waals surface area (Å²) in [6, 6.07) is 0. The molecule has 0 aliphatic carbocycles. The number of aryl methyl sites for hydroxylation is 1. The molecule has 0 spiro atoms. The van der Waals surface area contributed by atoms with Gasteiger partial charge in [-0.05, 0) is 28.8 Å². The molecule has 0 radical (unpaired) electrons. The van der Waals surface area contributed by atoms with E-state index in [1.165, 1.54) is 0 Å². The van der Waals surface area contributed by atoms with Gasteiger partial charge in [-0.2, -0.15) is 5.10 Å². The van der Waals surface area contributed by atoms with Crippen LogP contribution in [0.25, 0.3) is 0 Å². The average Bonchev–Trinajstić information content (AvgIpc) is 2.51. The first kappa shape index (κ1) is 12.6. The summed E-state index contributed by atoms with van der Waals surface area (Å²) < 4.78 is 2.93. The Labute approximate surface area is 104 Å². The number of nitrogens with zero attached hydrogens (tertiary/aromatic N) is 2. The van der Waals surface area contributed by atoms with Crippen molar-refractivity contribution in [2.45, 2.75) is 33.2 Å². The molecule has 0 amide bonds. The van der Waals surface area contributed by atoms with Crippen molar-refractivity contribution in [1.82, 2.24) is 9.78 Å². The van der Waals surface area contributed by atoms with Crippen molar-refractivity contribution in [3.05, 3.63) is 16.9 Å². The van der Waals surface area contributed by atoms with Crippen molar-refractivity contribution < 1.29 is 0 Å². The van der Waals surface area contributed by atoms with Crippen LogP contribution in [0.1, 0.15) is 26.7 Å². The lowest BCUT2D eigenvalue weighted by Gasteiger charge is -2.22. The molecule has 5 heteroatoms. The van der Waals surface area contributed by atoms with Gasteiger partial charge in [0.1, 0.15) is 0 Å². The first-order chi connectivity index (χ1) is 6.92. The number of nitrogens with two attached hydrogens (primary N) is 1. The van der Waals surface area contributed by atoms with E-state index in [1.807, 2.05) is 10.9 Å². The highest BCUT2D eigenvalue weighted by Gasteiger charge is 2.20. The second-order valence-corrected chi connectivity index (χ2v) is 5.63. The molecular weight excluding hydrogens is 274 g/mol. The molecule has 1 heterocycles. The summed E-state index contributed by atoms with van der Waals surface area (Å²) in [6.45, 7) is 5.06. The zero-order valence-electron chi connectivity index (χ0n) is 9.03. The first-order valence-electron chi connectivity index (χ1n) is 4.90. The minimum Gasteiger partial charge on any atom is -0.393 e. The molecule has 0 aliphatic rings. The molecule has 0 saturated heterocycles. The molecule has 0 fully saturated rings. The maximum Gasteiger partial charge on any atom is 0.0784 e. The quantitative estimate of drug-likeness (QED) is 0.848. The lowest BCUT2D eigenvalue weighted by atomic mass is 9.88. The van der Waals surface area contributed by atoms with Gasteiger partial charge < -0.3 is 5.73 Å². The summed E-state index contributed by atoms with van der Waals surface area (Å²) in [7, 11) is 0. The van der Waals surface area contributed by atoms with Crippen LogP contribution in [0.2, 0.25) is 0 Å². The van der Waals surface area contributed by atoms with E-state index in [9.17, 15) is 0 Å². The van der Waals surface area contributed by atoms with E-state index in [4.69, 9.17) is 18.0 Å². The number of hydrogen-bond donors (Lipinski definition) is 1. The molecule has 0 aliphatic heterocycles. The SMILES string of the molecule is CC(C)(CCCn1cc(Br)cn1)C(N)=S. The topological polar surface area (TPSA) is 43.8 Å². The lowest BCUT2D eigenvalue weighted by Crippen LogP contribution is -2.29. The molecule has 0 saturated carbocycles. The molecule has 15 heavy (non-hydrogen) atoms. The highest BCUT2D eigenvalue weighted by Crippen LogP contribution is 2.22. The third-order valence-electron chi connectivity index (χ3n) is 2.46. The molecule has 0 unspecified atom stereocenters. The summed E-state index contributed by atoms with van der Waals surface area (Å²) in [4.78, 5) is 0.587. The van der Waals surface area contributed by atoms with Gasteiger partial charge in [0, 0.05) is 18.2 Å². The Morgan fingerprint density at radius 1 is 1.67 bits per heavy atom. The van der Waals surface area contributed by atoms with Crippen LogP contribution in [-0.2, 0) is 6.54 Å². The summed E-state index contributed by atoms with van der Waals surface area (Å²) in [5.41, 5.74) is 5.60. The van der Waals surface area contributed by atoms with Gasteiger partial charge in [-0.3, -0.25) is 4.68 Å². The Hall–Kier alpha value is -0.420. The van der Waals surface area contributed by atoms with E-state index < -0.39 is 0 Å². The maximum atomic E-state index is 5.66. The van der Waals surface area contributed by atoms with Crippen molar-refractivity contribution in [3.63, 3.8) is 0 Å². The molecule has 1 aromatic rings. The zero-order valence-corrected chi connectivity index (χ0v) is 11.4. The molecule has 84 valence electrons. The van der Waals surface area contributed by atoms with E-state index >= 15 is 0 Å². The lowest BCUT2D eigenvalue weighted by molar-refractivity contribution is 0.426. The van der Waals surface area contributed by atoms with Crippen molar-refractivity contribution in [1.29, 1.82) is 0 Å². The molecule has 2 N–H and O–H groups in total. The predicted molar refractivity (Wildman–Crippen MR) is 69.7 cm³/mol. The van der Waals surface area contributed by atoms with Gasteiger partial charge in [-0.25, -0.2) is 0 Å². The normalized spacial score (nSPS) is 11.7. The minimum absolute atomic E-state index is 0.0558. The fourth-order valence-corrected chi connectivity index (χ4v) is 1.70. The van der Waals surface area contributed by atoms with Gasteiger partial charge in [0.2, 0.25) is 0 Å². The largest absolute Gasteiger partial charge is 0.393 e. The van der Waals surface area contributed by atoms with Crippen molar-refractivity contribution in [2.24, 2.45) is 11.1 Å². The number of thiocarbonyl (C=S) groups is 1. The molecule has 0 aromatic carbocycles. The summed E-state index contributed by atoms with van der Waals surface area (Å²) in [6.07, 6.45) is 5.77. The van der Waals surface area contributed by atoms with E-state index in [2.05, 4.69) is 34.9 Å². The van der Waals surface area contributed by atoms with Crippen LogP contribution in [0.5, 0.6) is 0 Å². The number of aromatic nitrogens is 2. The van der Waals surface area contributed by atoms with Gasteiger partial charge in [-0.15, -0.1) is 0 Å². The van der Waals surface area contributed by atoms with Crippen LogP contribution in [0.15, 0.2) is 16.9 Å². The Kier molecular flexibility index (Phi) is 4.28. The van der Waals surface area contributed by atoms with Gasteiger partial charge in [-0.1, -0.05) is 26.1 Å². The van der Waals surface area contributed by atoms with Gasteiger partial charge in [0.25, 0.3) is 0 Å². The van der Waals surface area contributed by atoms with Crippen LogP contribution < -0.4 is 5.73 Å². The molecule has 0 bridgehead atoms. The third kappa shape index (κ3) is 3.91. The van der Waals surface area contributed by atoms with Crippen molar-refractivity contribution in [3.8, 4) is 0 Å². The molecule has 1 rings (SSSR count). The van der Waals surface area contributed by atoms with Gasteiger partial charge >= 0.3 is 0 Å². The van der Waals surface area contributed by atoms with Crippen LogP contribution in [0.4, 0.5) is 0 Å². The highest BCUT2D eigenvalue weighted by atomic mass is 79.9. The Morgan fingerprint density at radius 2 is 2.33 bits per heavy atom. The molecule has 0 atom stereocenters. The van der Waals surface area contributed by atoms with Crippen molar-refractivity contribution >= 4 is 33.1 Å². The van der Waals surface area contributed by atoms with E-state index in [1.54, 1.807) is 6.20 Å². The monoisotopic (exact) mass is 289 g/mol. The highest BCUT2D eigenvalue weighted by molar-refractivity contribution is 9.10. The Balaban J connectivity index is 2.36. The van der Waals surface area contributed by atoms with E-state index in [0.717, 1.165) is 23.9 Å². The summed E-state index contributed by atoms with van der Waals surface area (Å²) >= 11 is 8.38. The molecular formula is C10H16BrN3S. The minimum atomic E-state index is -0.0558. The summed E-state index contributed by atoms with van der Waals surface area (Å²) in [5.74, 6) is 0. The first-order valence-corrected chi connectivity index (χ1v) is 6.10. The van der Waals surface area contributed by atoms with Crippen LogP contribution >= 0.6 is 28.1 Å². The van der Waals surface area contributed by atoms with Crippen LogP contribution in [0.3, 0.4) is 0 Å². The zero-order chi connectivity index (χ0) is 11.5. The Bertz CT molecular complexity index is 346. The standard InChI is InChI=1S/C10H16BrN3S/c1-10(2,9(12)15)4-3-5-14-7-8(11)6-13-14/h6-7H,3-5H2,1-2H3,(H2,12,15). The second-order valence-electron chi connectivity index (χ2n) is 4.27. The van der Waals surface area contributed by atoms with Crippen molar-refractivity contribution in [2.75, 3.05) is 0 Å². The molecule has 1 aromatic heterocycles. The predicted octanol–water partition coefficient (Wildman–Crippen LogP) is 2.74. The maximum absolute atomic E-state index is 5.66. The fraction of sp³-hybridized carbons (Fsp3) is 0.600. The van der Waals surface area contributed by atoms with Crippen LogP contribution in [-0.4, -0.2) is 14.8 Å². The summed E-state index contributed by atoms with van der Waals surface area (Å²) in [5, 5.41) is 4.19. The molecule has 3 nitrogen and oxygen atoms in total. The number of hydrogen-bond acceptors (Lipinski definition) is 2. The smallest absolute Gasteiger partial charge is 0.0784 e.